The fourth-order valence-corrected chi connectivity index (χ4v) is 3.97. The zero-order valence-electron chi connectivity index (χ0n) is 8.11. The zero-order valence-corrected chi connectivity index (χ0v) is 8.11. The topological polar surface area (TPSA) is 49.5 Å². The molecule has 3 N–H and O–H groups in total. The van der Waals surface area contributed by atoms with Crippen molar-refractivity contribution in [1.29, 1.82) is 0 Å². The molecule has 4 aliphatic rings. The van der Waals surface area contributed by atoms with Gasteiger partial charge < -0.3 is 10.9 Å². The van der Waals surface area contributed by atoms with Crippen LogP contribution in [0.4, 0.5) is 0 Å². The Bertz CT molecular complexity index is 227. The second-order valence-corrected chi connectivity index (χ2v) is 5.47. The lowest BCUT2D eigenvalue weighted by Gasteiger charge is -2.61. The predicted molar refractivity (Wildman–Crippen MR) is 49.2 cm³/mol. The lowest BCUT2D eigenvalue weighted by atomic mass is 9.57. The summed E-state index contributed by atoms with van der Waals surface area (Å²) in [7, 11) is 0. The highest BCUT2D eigenvalue weighted by atomic mass is 16.5. The van der Waals surface area contributed by atoms with Gasteiger partial charge in [0.1, 0.15) is 0 Å². The van der Waals surface area contributed by atoms with Crippen molar-refractivity contribution in [3.63, 3.8) is 0 Å². The minimum absolute atomic E-state index is 0.0480. The number of hydrogen-bond acceptors (Lipinski definition) is 3. The molecule has 2 aliphatic heterocycles. The van der Waals surface area contributed by atoms with Gasteiger partial charge in [-0.1, -0.05) is 0 Å². The molecule has 0 aromatic rings. The Hall–Kier alpha value is -0.120. The molecule has 3 nitrogen and oxygen atoms in total. The first kappa shape index (κ1) is 8.21. The van der Waals surface area contributed by atoms with Gasteiger partial charge in [-0.15, -0.1) is 0 Å². The van der Waals surface area contributed by atoms with E-state index in [0.29, 0.717) is 23.9 Å². The third-order valence-corrected chi connectivity index (χ3v) is 4.54. The molecule has 0 amide bonds. The van der Waals surface area contributed by atoms with Gasteiger partial charge in [0.05, 0.1) is 0 Å². The largest absolute Gasteiger partial charge is 0.327 e. The van der Waals surface area contributed by atoms with Crippen LogP contribution in [0.1, 0.15) is 32.6 Å². The normalized spacial score (nSPS) is 60.2. The van der Waals surface area contributed by atoms with Crippen LogP contribution in [0.25, 0.3) is 0 Å². The molecule has 0 radical (unpaired) electrons. The van der Waals surface area contributed by atoms with E-state index in [1.54, 1.807) is 5.06 Å². The highest BCUT2D eigenvalue weighted by molar-refractivity contribution is 5.09. The molecule has 0 aromatic carbocycles. The van der Waals surface area contributed by atoms with Crippen LogP contribution < -0.4 is 5.73 Å². The molecule has 2 saturated carbocycles. The van der Waals surface area contributed by atoms with Gasteiger partial charge in [0, 0.05) is 17.6 Å². The van der Waals surface area contributed by atoms with Crippen molar-refractivity contribution in [1.82, 2.24) is 5.06 Å². The smallest absolute Gasteiger partial charge is 0.0442 e. The molecule has 4 rings (SSSR count). The Morgan fingerprint density at radius 3 is 2.31 bits per heavy atom. The number of piperidine rings is 2. The molecule has 2 aliphatic carbocycles. The fraction of sp³-hybridized carbons (Fsp3) is 1.00. The van der Waals surface area contributed by atoms with E-state index in [1.165, 1.54) is 0 Å². The van der Waals surface area contributed by atoms with E-state index in [0.717, 1.165) is 25.7 Å². The summed E-state index contributed by atoms with van der Waals surface area (Å²) < 4.78 is 0. The summed E-state index contributed by atoms with van der Waals surface area (Å²) in [6.45, 7) is 2.18. The molecule has 0 aromatic heterocycles. The van der Waals surface area contributed by atoms with Crippen molar-refractivity contribution in [3.8, 4) is 0 Å². The standard InChI is InChI=1S/C10H18N2O/c1-10-4-6-2-8(12(10)13)3-7(5-10)9(6)11/h6-9,13H,2-5,11H2,1H3/t6-,7?,8+,9?,10?/m1/s1. The van der Waals surface area contributed by atoms with Crippen LogP contribution in [-0.4, -0.2) is 27.9 Å². The maximum absolute atomic E-state index is 9.97. The molecule has 3 heteroatoms. The summed E-state index contributed by atoms with van der Waals surface area (Å²) in [6.07, 6.45) is 4.42. The van der Waals surface area contributed by atoms with Crippen LogP contribution in [0.3, 0.4) is 0 Å². The maximum atomic E-state index is 9.97. The fourth-order valence-electron chi connectivity index (χ4n) is 3.97. The van der Waals surface area contributed by atoms with Crippen molar-refractivity contribution in [2.75, 3.05) is 0 Å². The first-order chi connectivity index (χ1) is 6.10. The Labute approximate surface area is 78.9 Å². The summed E-state index contributed by atoms with van der Waals surface area (Å²) in [6, 6.07) is 0.820. The van der Waals surface area contributed by atoms with E-state index in [1.807, 2.05) is 0 Å². The lowest BCUT2D eigenvalue weighted by Crippen LogP contribution is -2.68. The number of nitrogens with two attached hydrogens (primary N) is 1. The highest BCUT2D eigenvalue weighted by Crippen LogP contribution is 2.52. The minimum atomic E-state index is 0.0480. The Morgan fingerprint density at radius 2 is 1.85 bits per heavy atom. The van der Waals surface area contributed by atoms with Crippen LogP contribution in [0.5, 0.6) is 0 Å². The van der Waals surface area contributed by atoms with E-state index in [-0.39, 0.29) is 5.54 Å². The van der Waals surface area contributed by atoms with E-state index >= 15 is 0 Å². The Kier molecular flexibility index (Phi) is 1.43. The second-order valence-electron chi connectivity index (χ2n) is 5.47. The van der Waals surface area contributed by atoms with E-state index in [2.05, 4.69) is 6.92 Å². The van der Waals surface area contributed by atoms with Crippen LogP contribution in [0.15, 0.2) is 0 Å². The molecule has 74 valence electrons. The maximum Gasteiger partial charge on any atom is 0.0442 e. The Balaban J connectivity index is 1.97. The van der Waals surface area contributed by atoms with Gasteiger partial charge in [0.15, 0.2) is 0 Å². The summed E-state index contributed by atoms with van der Waals surface area (Å²) in [5.74, 6) is 1.34. The minimum Gasteiger partial charge on any atom is -0.327 e. The monoisotopic (exact) mass is 182 g/mol. The second kappa shape index (κ2) is 2.27. The highest BCUT2D eigenvalue weighted by Gasteiger charge is 2.56. The molecular weight excluding hydrogens is 164 g/mol. The van der Waals surface area contributed by atoms with Gasteiger partial charge in [-0.05, 0) is 44.4 Å². The zero-order chi connectivity index (χ0) is 9.22. The van der Waals surface area contributed by atoms with E-state index < -0.39 is 0 Å². The molecular formula is C10H18N2O. The third kappa shape index (κ3) is 0.901. The van der Waals surface area contributed by atoms with Crippen LogP contribution in [0, 0.1) is 11.8 Å². The summed E-state index contributed by atoms with van der Waals surface area (Å²) in [5.41, 5.74) is 6.22. The van der Waals surface area contributed by atoms with Gasteiger partial charge in [-0.2, -0.15) is 5.06 Å². The van der Waals surface area contributed by atoms with Crippen LogP contribution >= 0.6 is 0 Å². The van der Waals surface area contributed by atoms with Gasteiger partial charge in [0.2, 0.25) is 0 Å². The quantitative estimate of drug-likeness (QED) is 0.587. The molecule has 0 spiro atoms. The SMILES string of the molecule is CC12CC3C[C@H](C[C@H](C1)C3N)N2O. The molecule has 4 bridgehead atoms. The average molecular weight is 182 g/mol. The number of hydrogen-bond donors (Lipinski definition) is 2. The van der Waals surface area contributed by atoms with E-state index in [9.17, 15) is 5.21 Å². The number of rotatable bonds is 0. The number of hydroxylamine groups is 2. The number of nitrogens with zero attached hydrogens (tertiary/aromatic N) is 1. The van der Waals surface area contributed by atoms with Gasteiger partial charge in [-0.3, -0.25) is 0 Å². The lowest BCUT2D eigenvalue weighted by molar-refractivity contribution is -0.273. The molecule has 2 heterocycles. The summed E-state index contributed by atoms with van der Waals surface area (Å²) in [4.78, 5) is 0. The summed E-state index contributed by atoms with van der Waals surface area (Å²) in [5, 5.41) is 11.6. The van der Waals surface area contributed by atoms with Crippen molar-refractivity contribution in [3.05, 3.63) is 0 Å². The molecule has 2 saturated heterocycles. The van der Waals surface area contributed by atoms with Crippen molar-refractivity contribution >= 4 is 0 Å². The Morgan fingerprint density at radius 1 is 1.31 bits per heavy atom. The average Bonchev–Trinajstić information content (AvgIpc) is 2.05. The van der Waals surface area contributed by atoms with Crippen molar-refractivity contribution in [2.24, 2.45) is 17.6 Å². The predicted octanol–water partition coefficient (Wildman–Crippen LogP) is 0.966. The molecule has 3 unspecified atom stereocenters. The van der Waals surface area contributed by atoms with Gasteiger partial charge >= 0.3 is 0 Å². The molecule has 4 fully saturated rings. The van der Waals surface area contributed by atoms with E-state index in [4.69, 9.17) is 5.73 Å². The van der Waals surface area contributed by atoms with Crippen LogP contribution in [0.2, 0.25) is 0 Å². The molecule has 5 atom stereocenters. The third-order valence-electron chi connectivity index (χ3n) is 4.54. The first-order valence-electron chi connectivity index (χ1n) is 5.34. The van der Waals surface area contributed by atoms with Crippen LogP contribution in [-0.2, 0) is 0 Å². The summed E-state index contributed by atoms with van der Waals surface area (Å²) >= 11 is 0. The van der Waals surface area contributed by atoms with Crippen molar-refractivity contribution < 1.29 is 5.21 Å². The first-order valence-corrected chi connectivity index (χ1v) is 5.34. The van der Waals surface area contributed by atoms with Gasteiger partial charge in [-0.25, -0.2) is 0 Å². The van der Waals surface area contributed by atoms with Crippen molar-refractivity contribution in [2.45, 2.75) is 50.2 Å². The van der Waals surface area contributed by atoms with Gasteiger partial charge in [0.25, 0.3) is 0 Å². The molecule has 13 heavy (non-hydrogen) atoms.